The smallest absolute Gasteiger partial charge is 0.333 e. The zero-order valence-electron chi connectivity index (χ0n) is 9.31. The molecule has 88 valence electrons. The first-order valence-corrected chi connectivity index (χ1v) is 4.38. The maximum absolute atomic E-state index is 10.7. The van der Waals surface area contributed by atoms with Crippen molar-refractivity contribution in [2.24, 2.45) is 0 Å². The third kappa shape index (κ3) is 11.9. The van der Waals surface area contributed by atoms with Crippen LogP contribution in [0.2, 0.25) is 0 Å². The van der Waals surface area contributed by atoms with Crippen LogP contribution in [-0.2, 0) is 14.3 Å². The lowest BCUT2D eigenvalue weighted by molar-refractivity contribution is -0.136. The van der Waals surface area contributed by atoms with Crippen LogP contribution < -0.4 is 0 Å². The number of carbonyl (C=O) groups is 2. The number of carbonyl (C=O) groups excluding carboxylic acids is 1. The molecule has 0 amide bonds. The molecule has 4 heteroatoms. The lowest BCUT2D eigenvalue weighted by Crippen LogP contribution is -2.02. The Morgan fingerprint density at radius 3 is 2.12 bits per heavy atom. The SMILES string of the molecule is C=C(CC=CC(=O)O)C(=O)OC.C=CC=C. The summed E-state index contributed by atoms with van der Waals surface area (Å²) in [5.74, 6) is -1.57. The molecule has 0 aliphatic rings. The molecule has 0 aromatic rings. The molecule has 0 aromatic carbocycles. The Balaban J connectivity index is 0. The predicted molar refractivity (Wildman–Crippen MR) is 62.9 cm³/mol. The maximum atomic E-state index is 10.7. The summed E-state index contributed by atoms with van der Waals surface area (Å²) in [5, 5.41) is 8.19. The minimum absolute atomic E-state index is 0.193. The van der Waals surface area contributed by atoms with Crippen LogP contribution in [0.15, 0.2) is 49.6 Å². The lowest BCUT2D eigenvalue weighted by atomic mass is 10.2. The number of rotatable bonds is 5. The standard InChI is InChI=1S/C8H10O4.C4H6/c1-6(8(11)12-2)4-3-5-7(9)10;1-3-4-2/h3,5H,1,4H2,2H3,(H,9,10);3-4H,1-2H2. The molecule has 0 fully saturated rings. The van der Waals surface area contributed by atoms with Crippen molar-refractivity contribution >= 4 is 11.9 Å². The first-order chi connectivity index (χ1) is 7.49. The molecule has 0 radical (unpaired) electrons. The van der Waals surface area contributed by atoms with Gasteiger partial charge in [0.1, 0.15) is 0 Å². The highest BCUT2D eigenvalue weighted by molar-refractivity contribution is 5.88. The topological polar surface area (TPSA) is 63.6 Å². The molecule has 0 aliphatic heterocycles. The van der Waals surface area contributed by atoms with Crippen LogP contribution >= 0.6 is 0 Å². The van der Waals surface area contributed by atoms with E-state index in [1.807, 2.05) is 0 Å². The van der Waals surface area contributed by atoms with Gasteiger partial charge in [0, 0.05) is 11.6 Å². The van der Waals surface area contributed by atoms with E-state index in [1.165, 1.54) is 13.2 Å². The molecular weight excluding hydrogens is 208 g/mol. The van der Waals surface area contributed by atoms with Crippen LogP contribution in [0.25, 0.3) is 0 Å². The van der Waals surface area contributed by atoms with Gasteiger partial charge in [0.05, 0.1) is 7.11 Å². The number of methoxy groups -OCH3 is 1. The first kappa shape index (κ1) is 16.3. The Bertz CT molecular complexity index is 294. The van der Waals surface area contributed by atoms with Gasteiger partial charge in [-0.25, -0.2) is 9.59 Å². The summed E-state index contributed by atoms with van der Waals surface area (Å²) in [7, 11) is 1.24. The fourth-order valence-corrected chi connectivity index (χ4v) is 0.530. The first-order valence-electron chi connectivity index (χ1n) is 4.38. The second-order valence-corrected chi connectivity index (χ2v) is 2.51. The van der Waals surface area contributed by atoms with E-state index >= 15 is 0 Å². The Morgan fingerprint density at radius 1 is 1.31 bits per heavy atom. The van der Waals surface area contributed by atoms with Gasteiger partial charge in [0.15, 0.2) is 0 Å². The van der Waals surface area contributed by atoms with Crippen molar-refractivity contribution in [2.75, 3.05) is 7.11 Å². The third-order valence-electron chi connectivity index (χ3n) is 1.27. The van der Waals surface area contributed by atoms with E-state index in [4.69, 9.17) is 5.11 Å². The number of ether oxygens (including phenoxy) is 1. The van der Waals surface area contributed by atoms with Crippen molar-refractivity contribution in [3.63, 3.8) is 0 Å². The van der Waals surface area contributed by atoms with E-state index < -0.39 is 11.9 Å². The monoisotopic (exact) mass is 224 g/mol. The molecule has 16 heavy (non-hydrogen) atoms. The summed E-state index contributed by atoms with van der Waals surface area (Å²) in [6, 6.07) is 0. The number of hydrogen-bond donors (Lipinski definition) is 1. The maximum Gasteiger partial charge on any atom is 0.333 e. The van der Waals surface area contributed by atoms with Crippen LogP contribution in [0.1, 0.15) is 6.42 Å². The van der Waals surface area contributed by atoms with E-state index in [1.54, 1.807) is 12.2 Å². The average molecular weight is 224 g/mol. The fraction of sp³-hybridized carbons (Fsp3) is 0.167. The minimum Gasteiger partial charge on any atom is -0.478 e. The van der Waals surface area contributed by atoms with Gasteiger partial charge >= 0.3 is 11.9 Å². The number of carboxylic acids is 1. The summed E-state index contributed by atoms with van der Waals surface area (Å²) >= 11 is 0. The zero-order valence-corrected chi connectivity index (χ0v) is 9.31. The number of esters is 1. The Hall–Kier alpha value is -2.10. The zero-order chi connectivity index (χ0) is 13.0. The van der Waals surface area contributed by atoms with E-state index in [0.29, 0.717) is 0 Å². The second-order valence-electron chi connectivity index (χ2n) is 2.51. The third-order valence-corrected chi connectivity index (χ3v) is 1.27. The van der Waals surface area contributed by atoms with Gasteiger partial charge in [0.2, 0.25) is 0 Å². The highest BCUT2D eigenvalue weighted by Gasteiger charge is 2.03. The van der Waals surface area contributed by atoms with Crippen molar-refractivity contribution in [1.82, 2.24) is 0 Å². The largest absolute Gasteiger partial charge is 0.478 e. The molecule has 0 aliphatic carbocycles. The molecule has 0 spiro atoms. The number of hydrogen-bond acceptors (Lipinski definition) is 3. The van der Waals surface area contributed by atoms with E-state index in [0.717, 1.165) is 6.08 Å². The number of carboxylic acid groups (broad SMARTS) is 1. The van der Waals surface area contributed by atoms with Crippen molar-refractivity contribution in [2.45, 2.75) is 6.42 Å². The molecule has 0 bridgehead atoms. The van der Waals surface area contributed by atoms with Crippen molar-refractivity contribution in [3.05, 3.63) is 49.6 Å². The van der Waals surface area contributed by atoms with Crippen molar-refractivity contribution in [3.8, 4) is 0 Å². The molecular formula is C12H16O4. The molecule has 0 rings (SSSR count). The summed E-state index contributed by atoms with van der Waals surface area (Å²) in [4.78, 5) is 20.7. The highest BCUT2D eigenvalue weighted by atomic mass is 16.5. The second kappa shape index (κ2) is 11.0. The summed E-state index contributed by atoms with van der Waals surface area (Å²) in [6.45, 7) is 10.1. The van der Waals surface area contributed by atoms with Crippen LogP contribution in [0.4, 0.5) is 0 Å². The Labute approximate surface area is 95.2 Å². The number of allylic oxidation sites excluding steroid dienone is 3. The van der Waals surface area contributed by atoms with Crippen molar-refractivity contribution < 1.29 is 19.4 Å². The summed E-state index contributed by atoms with van der Waals surface area (Å²) < 4.78 is 4.35. The summed E-state index contributed by atoms with van der Waals surface area (Å²) in [6.07, 6.45) is 5.76. The molecule has 4 nitrogen and oxygen atoms in total. The van der Waals surface area contributed by atoms with Crippen LogP contribution in [0.5, 0.6) is 0 Å². The normalized spacial score (nSPS) is 8.56. The Kier molecular flexibility index (Phi) is 11.2. The van der Waals surface area contributed by atoms with E-state index in [2.05, 4.69) is 24.5 Å². The fourth-order valence-electron chi connectivity index (χ4n) is 0.530. The molecule has 1 N–H and O–H groups in total. The van der Waals surface area contributed by atoms with Gasteiger partial charge in [-0.2, -0.15) is 0 Å². The van der Waals surface area contributed by atoms with E-state index in [9.17, 15) is 9.59 Å². The average Bonchev–Trinajstić information content (AvgIpc) is 2.27. The van der Waals surface area contributed by atoms with Gasteiger partial charge in [0.25, 0.3) is 0 Å². The van der Waals surface area contributed by atoms with Gasteiger partial charge in [-0.05, 0) is 6.42 Å². The van der Waals surface area contributed by atoms with Crippen LogP contribution in [-0.4, -0.2) is 24.2 Å². The van der Waals surface area contributed by atoms with Gasteiger partial charge in [-0.15, -0.1) is 0 Å². The van der Waals surface area contributed by atoms with Gasteiger partial charge < -0.3 is 9.84 Å². The molecule has 0 heterocycles. The van der Waals surface area contributed by atoms with Crippen LogP contribution in [0.3, 0.4) is 0 Å². The molecule has 0 saturated carbocycles. The molecule has 0 atom stereocenters. The van der Waals surface area contributed by atoms with E-state index in [-0.39, 0.29) is 12.0 Å². The predicted octanol–water partition coefficient (Wildman–Crippen LogP) is 2.10. The van der Waals surface area contributed by atoms with Crippen molar-refractivity contribution in [1.29, 1.82) is 0 Å². The Morgan fingerprint density at radius 2 is 1.81 bits per heavy atom. The molecule has 0 unspecified atom stereocenters. The van der Waals surface area contributed by atoms with Crippen LogP contribution in [0, 0.1) is 0 Å². The van der Waals surface area contributed by atoms with Gasteiger partial charge in [-0.1, -0.05) is 38.0 Å². The molecule has 0 saturated heterocycles. The molecule has 0 aromatic heterocycles. The summed E-state index contributed by atoms with van der Waals surface area (Å²) in [5.41, 5.74) is 0.231. The highest BCUT2D eigenvalue weighted by Crippen LogP contribution is 2.00. The van der Waals surface area contributed by atoms with Gasteiger partial charge in [-0.3, -0.25) is 0 Å². The quantitative estimate of drug-likeness (QED) is 0.441. The number of aliphatic carboxylic acids is 1. The minimum atomic E-state index is -1.05. The lowest BCUT2D eigenvalue weighted by Gasteiger charge is -1.97.